The van der Waals surface area contributed by atoms with E-state index in [1.807, 2.05) is 0 Å². The van der Waals surface area contributed by atoms with E-state index in [0.717, 1.165) is 102 Å². The third-order valence-corrected chi connectivity index (χ3v) is 21.0. The van der Waals surface area contributed by atoms with E-state index in [1.54, 1.807) is 0 Å². The largest absolute Gasteiger partial charge is 0.472 e. The number of ether oxygens (including phenoxy) is 4. The summed E-state index contributed by atoms with van der Waals surface area (Å²) in [6, 6.07) is 0. The van der Waals surface area contributed by atoms with Crippen LogP contribution in [0.15, 0.2) is 0 Å². The lowest BCUT2D eigenvalue weighted by Crippen LogP contribution is -2.30. The third-order valence-electron chi connectivity index (χ3n) is 19.1. The Kier molecular flexibility index (Phi) is 71.6. The molecule has 0 rings (SSSR count). The summed E-state index contributed by atoms with van der Waals surface area (Å²) < 4.78 is 68.5. The zero-order valence-electron chi connectivity index (χ0n) is 64.6. The average molecular weight is 1450 g/mol. The van der Waals surface area contributed by atoms with Gasteiger partial charge in [0.25, 0.3) is 0 Å². The first-order chi connectivity index (χ1) is 48.1. The molecule has 588 valence electrons. The lowest BCUT2D eigenvalue weighted by Gasteiger charge is -2.21. The summed E-state index contributed by atoms with van der Waals surface area (Å²) in [7, 11) is -9.91. The van der Waals surface area contributed by atoms with Crippen LogP contribution in [0.3, 0.4) is 0 Å². The van der Waals surface area contributed by atoms with E-state index in [9.17, 15) is 43.2 Å². The Bertz CT molecular complexity index is 1890. The molecule has 6 atom stereocenters. The first-order valence-electron chi connectivity index (χ1n) is 41.7. The number of aliphatic hydroxyl groups is 1. The van der Waals surface area contributed by atoms with Crippen molar-refractivity contribution in [3.63, 3.8) is 0 Å². The highest BCUT2D eigenvalue weighted by Gasteiger charge is 2.30. The number of hydrogen-bond acceptors (Lipinski definition) is 15. The summed E-state index contributed by atoms with van der Waals surface area (Å²) in [5.74, 6) is -1.40. The molecule has 0 bridgehead atoms. The van der Waals surface area contributed by atoms with Gasteiger partial charge >= 0.3 is 39.5 Å². The summed E-state index contributed by atoms with van der Waals surface area (Å²) in [5, 5.41) is 10.6. The molecule has 0 saturated carbocycles. The number of hydrogen-bond donors (Lipinski definition) is 3. The number of aliphatic hydroxyl groups excluding tert-OH is 1. The maximum Gasteiger partial charge on any atom is 0.472 e. The second-order valence-electron chi connectivity index (χ2n) is 29.1. The molecule has 0 saturated heterocycles. The van der Waals surface area contributed by atoms with Crippen molar-refractivity contribution >= 4 is 39.5 Å². The number of unbranched alkanes of at least 4 members (excludes halogenated alkanes) is 51. The van der Waals surface area contributed by atoms with Crippen LogP contribution in [-0.2, 0) is 65.4 Å². The highest BCUT2D eigenvalue weighted by Crippen LogP contribution is 2.45. The molecule has 0 aliphatic heterocycles. The molecule has 0 spiro atoms. The number of rotatable bonds is 80. The SMILES string of the molecule is CCCCCCCCCCCCCCCCCCCCCCCCC(=O)O[C@H](COC(=O)CCCCCCCCCCCCCCCCCCCCC)COP(=O)(O)OC[C@@H](O)COP(=O)(O)OC[C@@H](COC(=O)CCCCCCCCCC)OC(=O)CCCCCCCCC(C)CC. The molecule has 3 unspecified atom stereocenters. The van der Waals surface area contributed by atoms with Gasteiger partial charge < -0.3 is 33.8 Å². The molecule has 3 N–H and O–H groups in total. The van der Waals surface area contributed by atoms with Crippen molar-refractivity contribution in [1.82, 2.24) is 0 Å². The summed E-state index contributed by atoms with van der Waals surface area (Å²) >= 11 is 0. The van der Waals surface area contributed by atoms with Gasteiger partial charge in [-0.2, -0.15) is 0 Å². The van der Waals surface area contributed by atoms with Gasteiger partial charge in [-0.25, -0.2) is 9.13 Å². The monoisotopic (exact) mass is 1450 g/mol. The Balaban J connectivity index is 5.15. The zero-order valence-corrected chi connectivity index (χ0v) is 66.4. The Hall–Kier alpha value is -1.94. The standard InChI is InChI=1S/C80H156O17P2/c1-6-10-13-16-19-22-24-26-28-30-32-33-34-36-38-40-42-44-46-49-55-60-65-79(84)96-75(69-91-78(83)64-59-54-48-45-43-41-39-37-35-31-29-27-25-23-20-17-14-11-7-2)71-94-98(86,87)92-67-74(81)68-93-99(88,89)95-72-76(70-90-77(82)63-58-53-47-21-18-15-12-8-3)97-80(85)66-61-56-51-50-52-57-62-73(5)9-4/h73-76,81H,6-72H2,1-5H3,(H,86,87)(H,88,89)/t73?,74-,75-,76-/m1/s1. The number of phosphoric acid groups is 2. The molecule has 19 heteroatoms. The van der Waals surface area contributed by atoms with Crippen molar-refractivity contribution in [1.29, 1.82) is 0 Å². The minimum atomic E-state index is -4.96. The minimum Gasteiger partial charge on any atom is -0.462 e. The van der Waals surface area contributed by atoms with Gasteiger partial charge in [0.15, 0.2) is 12.2 Å². The molecule has 0 radical (unpaired) electrons. The molecular weight excluding hydrogens is 1290 g/mol. The molecule has 0 aliphatic carbocycles. The van der Waals surface area contributed by atoms with Crippen molar-refractivity contribution in [2.45, 2.75) is 445 Å². The number of esters is 4. The van der Waals surface area contributed by atoms with Crippen LogP contribution in [0.2, 0.25) is 0 Å². The van der Waals surface area contributed by atoms with Crippen LogP contribution in [0.1, 0.15) is 426 Å². The second-order valence-corrected chi connectivity index (χ2v) is 32.0. The van der Waals surface area contributed by atoms with Crippen molar-refractivity contribution in [3.05, 3.63) is 0 Å². The first kappa shape index (κ1) is 97.1. The van der Waals surface area contributed by atoms with Gasteiger partial charge in [-0.3, -0.25) is 37.3 Å². The predicted molar refractivity (Wildman–Crippen MR) is 405 cm³/mol. The Morgan fingerprint density at radius 1 is 0.283 bits per heavy atom. The molecular formula is C80H156O17P2. The predicted octanol–water partition coefficient (Wildman–Crippen LogP) is 24.0. The van der Waals surface area contributed by atoms with Crippen LogP contribution in [-0.4, -0.2) is 96.7 Å². The second kappa shape index (κ2) is 73.0. The lowest BCUT2D eigenvalue weighted by molar-refractivity contribution is -0.161. The van der Waals surface area contributed by atoms with Crippen LogP contribution in [0.25, 0.3) is 0 Å². The Morgan fingerprint density at radius 3 is 0.717 bits per heavy atom. The van der Waals surface area contributed by atoms with E-state index >= 15 is 0 Å². The van der Waals surface area contributed by atoms with Gasteiger partial charge in [0.1, 0.15) is 19.3 Å². The van der Waals surface area contributed by atoms with Gasteiger partial charge in [-0.1, -0.05) is 375 Å². The number of phosphoric ester groups is 2. The molecule has 0 fully saturated rings. The van der Waals surface area contributed by atoms with E-state index in [-0.39, 0.29) is 25.7 Å². The molecule has 0 heterocycles. The third kappa shape index (κ3) is 72.8. The smallest absolute Gasteiger partial charge is 0.462 e. The highest BCUT2D eigenvalue weighted by molar-refractivity contribution is 7.47. The Labute approximate surface area is 607 Å². The van der Waals surface area contributed by atoms with E-state index in [0.29, 0.717) is 25.7 Å². The normalized spacial score (nSPS) is 14.1. The van der Waals surface area contributed by atoms with Gasteiger partial charge in [-0.15, -0.1) is 0 Å². The first-order valence-corrected chi connectivity index (χ1v) is 44.7. The van der Waals surface area contributed by atoms with Gasteiger partial charge in [-0.05, 0) is 31.6 Å². The fourth-order valence-corrected chi connectivity index (χ4v) is 14.0. The maximum absolute atomic E-state index is 13.1. The lowest BCUT2D eigenvalue weighted by atomic mass is 10.00. The van der Waals surface area contributed by atoms with Crippen molar-refractivity contribution in [2.24, 2.45) is 5.92 Å². The topological polar surface area (TPSA) is 237 Å². The minimum absolute atomic E-state index is 0.103. The zero-order chi connectivity index (χ0) is 72.7. The average Bonchev–Trinajstić information content (AvgIpc) is 1.24. The van der Waals surface area contributed by atoms with Crippen LogP contribution < -0.4 is 0 Å². The van der Waals surface area contributed by atoms with Gasteiger partial charge in [0.2, 0.25) is 0 Å². The molecule has 0 aromatic carbocycles. The molecule has 99 heavy (non-hydrogen) atoms. The van der Waals surface area contributed by atoms with Crippen LogP contribution in [0.5, 0.6) is 0 Å². The summed E-state index contributed by atoms with van der Waals surface area (Å²) in [4.78, 5) is 72.8. The van der Waals surface area contributed by atoms with Crippen molar-refractivity contribution in [2.75, 3.05) is 39.6 Å². The van der Waals surface area contributed by atoms with E-state index in [1.165, 1.54) is 244 Å². The van der Waals surface area contributed by atoms with Crippen LogP contribution in [0.4, 0.5) is 0 Å². The van der Waals surface area contributed by atoms with E-state index in [2.05, 4.69) is 34.6 Å². The molecule has 17 nitrogen and oxygen atoms in total. The summed E-state index contributed by atoms with van der Waals surface area (Å²) in [5.41, 5.74) is 0. The maximum atomic E-state index is 13.1. The number of carbonyl (C=O) groups excluding carboxylic acids is 4. The highest BCUT2D eigenvalue weighted by atomic mass is 31.2. The Morgan fingerprint density at radius 2 is 0.485 bits per heavy atom. The number of carbonyl (C=O) groups is 4. The van der Waals surface area contributed by atoms with Gasteiger partial charge in [0, 0.05) is 25.7 Å². The summed E-state index contributed by atoms with van der Waals surface area (Å²) in [6.45, 7) is 7.23. The fraction of sp³-hybridized carbons (Fsp3) is 0.950. The molecule has 0 aromatic heterocycles. The van der Waals surface area contributed by atoms with Crippen LogP contribution >= 0.6 is 15.6 Å². The fourth-order valence-electron chi connectivity index (χ4n) is 12.4. The van der Waals surface area contributed by atoms with E-state index < -0.39 is 97.5 Å². The van der Waals surface area contributed by atoms with E-state index in [4.69, 9.17) is 37.0 Å². The van der Waals surface area contributed by atoms with Gasteiger partial charge in [0.05, 0.1) is 26.4 Å². The molecule has 0 aromatic rings. The molecule has 0 amide bonds. The quantitative estimate of drug-likeness (QED) is 0.0222. The summed E-state index contributed by atoms with van der Waals surface area (Å²) in [6.07, 6.45) is 64.3. The van der Waals surface area contributed by atoms with Crippen LogP contribution in [0, 0.1) is 5.92 Å². The molecule has 0 aliphatic rings. The van der Waals surface area contributed by atoms with Crippen molar-refractivity contribution < 1.29 is 80.2 Å². The van der Waals surface area contributed by atoms with Crippen molar-refractivity contribution in [3.8, 4) is 0 Å².